The molecule has 21 heavy (non-hydrogen) atoms. The van der Waals surface area contributed by atoms with E-state index in [0.29, 0.717) is 5.25 Å². The molecule has 0 N–H and O–H groups in total. The van der Waals surface area contributed by atoms with E-state index < -0.39 is 0 Å². The van der Waals surface area contributed by atoms with Crippen LogP contribution in [0.2, 0.25) is 0 Å². The number of epoxide rings is 1. The molecular weight excluding hydrogens is 286 g/mol. The van der Waals surface area contributed by atoms with Gasteiger partial charge in [-0.2, -0.15) is 11.8 Å². The zero-order valence-electron chi connectivity index (χ0n) is 12.1. The molecule has 0 bridgehead atoms. The molecule has 0 spiro atoms. The highest BCUT2D eigenvalue weighted by Gasteiger charge is 2.46. The molecule has 4 unspecified atom stereocenters. The van der Waals surface area contributed by atoms with Gasteiger partial charge in [0.1, 0.15) is 12.2 Å². The van der Waals surface area contributed by atoms with Gasteiger partial charge in [0.15, 0.2) is 0 Å². The Morgan fingerprint density at radius 3 is 2.43 bits per heavy atom. The fourth-order valence-electron chi connectivity index (χ4n) is 3.54. The molecule has 114 valence electrons. The molecule has 5 rings (SSSR count). The zero-order chi connectivity index (χ0) is 13.8. The van der Waals surface area contributed by atoms with E-state index in [4.69, 9.17) is 14.2 Å². The lowest BCUT2D eigenvalue weighted by Gasteiger charge is -2.46. The Bertz CT molecular complexity index is 502. The lowest BCUT2D eigenvalue weighted by atomic mass is 9.87. The minimum atomic E-state index is 0.215. The second-order valence-corrected chi connectivity index (χ2v) is 7.79. The Morgan fingerprint density at radius 1 is 1.14 bits per heavy atom. The van der Waals surface area contributed by atoms with Crippen LogP contribution in [-0.4, -0.2) is 60.5 Å². The zero-order valence-corrected chi connectivity index (χ0v) is 12.9. The molecule has 0 aromatic rings. The normalized spacial score (nSPS) is 41.5. The van der Waals surface area contributed by atoms with Crippen LogP contribution >= 0.6 is 11.8 Å². The van der Waals surface area contributed by atoms with Crippen molar-refractivity contribution in [2.24, 2.45) is 0 Å². The van der Waals surface area contributed by atoms with Crippen LogP contribution < -0.4 is 0 Å². The van der Waals surface area contributed by atoms with Crippen LogP contribution in [0, 0.1) is 0 Å². The first kappa shape index (κ1) is 12.9. The maximum Gasteiger partial charge on any atom is 0.135 e. The van der Waals surface area contributed by atoms with Crippen LogP contribution in [0.1, 0.15) is 19.3 Å². The summed E-state index contributed by atoms with van der Waals surface area (Å²) in [5.74, 6) is 1.27. The van der Waals surface area contributed by atoms with Crippen molar-refractivity contribution in [2.75, 3.05) is 32.1 Å². The molecule has 4 fully saturated rings. The molecule has 5 heteroatoms. The smallest absolute Gasteiger partial charge is 0.135 e. The number of hydrogen-bond acceptors (Lipinski definition) is 5. The van der Waals surface area contributed by atoms with E-state index in [-0.39, 0.29) is 18.3 Å². The van der Waals surface area contributed by atoms with Gasteiger partial charge >= 0.3 is 0 Å². The summed E-state index contributed by atoms with van der Waals surface area (Å²) < 4.78 is 17.6. The molecule has 5 aliphatic heterocycles. The van der Waals surface area contributed by atoms with Crippen LogP contribution in [0.3, 0.4) is 0 Å². The van der Waals surface area contributed by atoms with Gasteiger partial charge in [0, 0.05) is 35.9 Å². The highest BCUT2D eigenvalue weighted by atomic mass is 32.2. The first-order valence-corrected chi connectivity index (χ1v) is 9.16. The summed E-state index contributed by atoms with van der Waals surface area (Å²) in [6, 6.07) is 0. The molecule has 5 heterocycles. The van der Waals surface area contributed by atoms with Crippen LogP contribution in [0.4, 0.5) is 0 Å². The first-order valence-electron chi connectivity index (χ1n) is 8.11. The van der Waals surface area contributed by atoms with Gasteiger partial charge in [0.2, 0.25) is 0 Å². The van der Waals surface area contributed by atoms with Crippen molar-refractivity contribution in [3.63, 3.8) is 0 Å². The summed E-state index contributed by atoms with van der Waals surface area (Å²) in [5.41, 5.74) is 4.10. The lowest BCUT2D eigenvalue weighted by Crippen LogP contribution is -2.48. The third-order valence-corrected chi connectivity index (χ3v) is 6.55. The van der Waals surface area contributed by atoms with Crippen molar-refractivity contribution in [1.82, 2.24) is 4.90 Å². The molecule has 5 aliphatic rings. The predicted octanol–water partition coefficient (Wildman–Crippen LogP) is 1.92. The van der Waals surface area contributed by atoms with Crippen molar-refractivity contribution >= 4 is 11.8 Å². The largest absolute Gasteiger partial charge is 0.492 e. The molecule has 0 aromatic heterocycles. The van der Waals surface area contributed by atoms with Gasteiger partial charge in [-0.3, -0.25) is 0 Å². The quantitative estimate of drug-likeness (QED) is 0.741. The summed E-state index contributed by atoms with van der Waals surface area (Å²) >= 11 is 2.04. The van der Waals surface area contributed by atoms with E-state index in [2.05, 4.69) is 4.90 Å². The van der Waals surface area contributed by atoms with E-state index in [9.17, 15) is 0 Å². The third-order valence-electron chi connectivity index (χ3n) is 5.17. The van der Waals surface area contributed by atoms with Crippen molar-refractivity contribution in [1.29, 1.82) is 0 Å². The molecular formula is C16H21NO3S. The van der Waals surface area contributed by atoms with Gasteiger partial charge in [0.25, 0.3) is 0 Å². The fourth-order valence-corrected chi connectivity index (χ4v) is 4.43. The van der Waals surface area contributed by atoms with Crippen molar-refractivity contribution < 1.29 is 14.2 Å². The Kier molecular flexibility index (Phi) is 3.02. The highest BCUT2D eigenvalue weighted by Crippen LogP contribution is 2.45. The van der Waals surface area contributed by atoms with Crippen LogP contribution in [0.15, 0.2) is 23.1 Å². The van der Waals surface area contributed by atoms with Gasteiger partial charge in [-0.05, 0) is 18.6 Å². The molecule has 0 saturated carbocycles. The number of likely N-dealkylation sites (tertiary alicyclic amines) is 1. The number of thioether (sulfide) groups is 1. The maximum absolute atomic E-state index is 6.19. The summed E-state index contributed by atoms with van der Waals surface area (Å²) in [7, 11) is 0. The number of rotatable bonds is 4. The minimum Gasteiger partial charge on any atom is -0.492 e. The molecule has 0 amide bonds. The lowest BCUT2D eigenvalue weighted by molar-refractivity contribution is -0.0435. The van der Waals surface area contributed by atoms with Crippen LogP contribution in [0.5, 0.6) is 0 Å². The summed E-state index contributed by atoms with van der Waals surface area (Å²) in [4.78, 5) is 2.52. The molecule has 0 aromatic carbocycles. The first-order chi connectivity index (χ1) is 10.4. The van der Waals surface area contributed by atoms with Gasteiger partial charge in [-0.1, -0.05) is 0 Å². The van der Waals surface area contributed by atoms with Crippen LogP contribution in [-0.2, 0) is 14.2 Å². The molecule has 4 nitrogen and oxygen atoms in total. The van der Waals surface area contributed by atoms with Gasteiger partial charge < -0.3 is 19.1 Å². The summed E-state index contributed by atoms with van der Waals surface area (Å²) in [5, 5.41) is 0.610. The monoisotopic (exact) mass is 307 g/mol. The van der Waals surface area contributed by atoms with Crippen molar-refractivity contribution in [3.05, 3.63) is 23.1 Å². The minimum absolute atomic E-state index is 0.215. The second kappa shape index (κ2) is 4.93. The van der Waals surface area contributed by atoms with Gasteiger partial charge in [-0.25, -0.2) is 0 Å². The Labute approximate surface area is 129 Å². The second-order valence-electron chi connectivity index (χ2n) is 6.44. The highest BCUT2D eigenvalue weighted by molar-refractivity contribution is 8.01. The Morgan fingerprint density at radius 2 is 1.95 bits per heavy atom. The molecule has 4 saturated heterocycles. The average Bonchev–Trinajstić information content (AvgIpc) is 3.10. The van der Waals surface area contributed by atoms with Crippen molar-refractivity contribution in [3.8, 4) is 0 Å². The topological polar surface area (TPSA) is 34.2 Å². The Hall–Kier alpha value is -0.650. The van der Waals surface area contributed by atoms with Crippen molar-refractivity contribution in [2.45, 2.75) is 42.8 Å². The third kappa shape index (κ3) is 2.05. The average molecular weight is 307 g/mol. The fraction of sp³-hybridized carbons (Fsp3) is 0.750. The standard InChI is InChI=1S/C16H21NO3S/c1-4-17(5-1)15-10(12-9-19-12)8-20-16(13-3-7-21-13)14(15)11-2-6-18-11/h8,11-13,16H,1-7,9H2. The number of ether oxygens (including phenoxy) is 3. The number of hydrogen-bond donors (Lipinski definition) is 0. The van der Waals surface area contributed by atoms with Gasteiger partial charge in [-0.15, -0.1) is 0 Å². The SMILES string of the molecule is C1=C(C2CO2)C(N2CCC2)=C(C2CCO2)C(C2CCS2)O1. The molecule has 4 atom stereocenters. The Balaban J connectivity index is 1.55. The molecule has 0 radical (unpaired) electrons. The van der Waals surface area contributed by atoms with E-state index in [1.54, 1.807) is 0 Å². The summed E-state index contributed by atoms with van der Waals surface area (Å²) in [6.07, 6.45) is 6.44. The van der Waals surface area contributed by atoms with E-state index in [1.165, 1.54) is 48.5 Å². The van der Waals surface area contributed by atoms with E-state index >= 15 is 0 Å². The number of nitrogens with zero attached hydrogens (tertiary/aromatic N) is 1. The van der Waals surface area contributed by atoms with E-state index in [0.717, 1.165) is 19.6 Å². The predicted molar refractivity (Wildman–Crippen MR) is 81.1 cm³/mol. The molecule has 0 aliphatic carbocycles. The summed E-state index contributed by atoms with van der Waals surface area (Å²) in [6.45, 7) is 4.07. The van der Waals surface area contributed by atoms with Gasteiger partial charge in [0.05, 0.1) is 31.3 Å². The maximum atomic E-state index is 6.19. The van der Waals surface area contributed by atoms with E-state index in [1.807, 2.05) is 18.0 Å². The van der Waals surface area contributed by atoms with Crippen LogP contribution in [0.25, 0.3) is 0 Å².